The van der Waals surface area contributed by atoms with Crippen LogP contribution in [0.4, 0.5) is 11.4 Å². The van der Waals surface area contributed by atoms with Crippen molar-refractivity contribution < 1.29 is 0 Å². The summed E-state index contributed by atoms with van der Waals surface area (Å²) in [4.78, 5) is 2.43. The highest BCUT2D eigenvalue weighted by Gasteiger charge is 2.27. The number of aromatic nitrogens is 1. The van der Waals surface area contributed by atoms with Gasteiger partial charge in [0.1, 0.15) is 0 Å². The van der Waals surface area contributed by atoms with Crippen LogP contribution >= 0.6 is 0 Å². The summed E-state index contributed by atoms with van der Waals surface area (Å²) in [7, 11) is 0. The summed E-state index contributed by atoms with van der Waals surface area (Å²) in [5, 5.41) is 18.3. The minimum atomic E-state index is 0.431. The van der Waals surface area contributed by atoms with Crippen molar-refractivity contribution in [3.05, 3.63) is 71.5 Å². The van der Waals surface area contributed by atoms with Gasteiger partial charge in [0.15, 0.2) is 5.84 Å². The summed E-state index contributed by atoms with van der Waals surface area (Å²) < 4.78 is 2.14. The number of anilines is 2. The Kier molecular flexibility index (Phi) is 5.29. The molecule has 0 amide bonds. The van der Waals surface area contributed by atoms with E-state index >= 15 is 0 Å². The van der Waals surface area contributed by atoms with Crippen LogP contribution in [0.5, 0.6) is 0 Å². The lowest BCUT2D eigenvalue weighted by atomic mass is 10.1. The molecule has 2 unspecified atom stereocenters. The quantitative estimate of drug-likeness (QED) is 0.417. The molecule has 8 nitrogen and oxygen atoms in total. The first-order chi connectivity index (χ1) is 16.0. The minimum absolute atomic E-state index is 0.431. The van der Waals surface area contributed by atoms with Crippen LogP contribution in [0.15, 0.2) is 59.8 Å². The van der Waals surface area contributed by atoms with E-state index in [0.717, 1.165) is 41.2 Å². The highest BCUT2D eigenvalue weighted by Crippen LogP contribution is 2.33. The largest absolute Gasteiger partial charge is 0.368 e. The minimum Gasteiger partial charge on any atom is -0.368 e. The Morgan fingerprint density at radius 2 is 1.76 bits per heavy atom. The Morgan fingerprint density at radius 1 is 1.03 bits per heavy atom. The van der Waals surface area contributed by atoms with E-state index in [-0.39, 0.29) is 0 Å². The van der Waals surface area contributed by atoms with Gasteiger partial charge in [0.25, 0.3) is 0 Å². The summed E-state index contributed by atoms with van der Waals surface area (Å²) in [5.74, 6) is 12.8. The van der Waals surface area contributed by atoms with Gasteiger partial charge in [-0.15, -0.1) is 0 Å². The van der Waals surface area contributed by atoms with Crippen molar-refractivity contribution in [3.8, 4) is 17.2 Å². The predicted octanol–water partition coefficient (Wildman–Crippen LogP) is 2.58. The number of hydrogen-bond donors (Lipinski definition) is 3. The van der Waals surface area contributed by atoms with Crippen LogP contribution in [0.3, 0.4) is 0 Å². The number of nitrogens with zero attached hydrogens (tertiary/aromatic N) is 5. The number of piperazine rings is 1. The van der Waals surface area contributed by atoms with Crippen LogP contribution in [0, 0.1) is 11.3 Å². The predicted molar refractivity (Wildman–Crippen MR) is 132 cm³/mol. The first kappa shape index (κ1) is 21.1. The van der Waals surface area contributed by atoms with Gasteiger partial charge in [-0.3, -0.25) is 5.01 Å². The summed E-state index contributed by atoms with van der Waals surface area (Å²) in [5.41, 5.74) is 6.71. The van der Waals surface area contributed by atoms with Crippen molar-refractivity contribution in [1.82, 2.24) is 9.88 Å². The average Bonchev–Trinajstić information content (AvgIpc) is 3.17. The first-order valence-corrected chi connectivity index (χ1v) is 11.1. The van der Waals surface area contributed by atoms with E-state index in [4.69, 9.17) is 16.9 Å². The number of hydrogen-bond acceptors (Lipinski definition) is 6. The van der Waals surface area contributed by atoms with E-state index in [1.807, 2.05) is 30.3 Å². The Labute approximate surface area is 193 Å². The molecular formula is C25H28N8. The molecule has 168 valence electrons. The molecule has 2 aromatic carbocycles. The van der Waals surface area contributed by atoms with Gasteiger partial charge in [-0.1, -0.05) is 12.1 Å². The normalized spacial score (nSPS) is 21.3. The van der Waals surface area contributed by atoms with Crippen molar-refractivity contribution in [2.45, 2.75) is 32.5 Å². The van der Waals surface area contributed by atoms with Gasteiger partial charge in [0, 0.05) is 49.2 Å². The highest BCUT2D eigenvalue weighted by atomic mass is 15.5. The van der Waals surface area contributed by atoms with Crippen LogP contribution in [0.25, 0.3) is 11.1 Å². The maximum Gasteiger partial charge on any atom is 0.190 e. The molecule has 3 aromatic rings. The third kappa shape index (κ3) is 3.82. The van der Waals surface area contributed by atoms with Gasteiger partial charge in [-0.2, -0.15) is 10.4 Å². The molecule has 2 atom stereocenters. The molecule has 5 N–H and O–H groups in total. The van der Waals surface area contributed by atoms with Gasteiger partial charge < -0.3 is 20.6 Å². The number of nitriles is 1. The first-order valence-electron chi connectivity index (χ1n) is 11.1. The number of amidine groups is 1. The standard InChI is InChI=1S/C25H28N8/c1-16-12-31(13-17(2)29-16)22-7-8-23-21(9-22)15-32-14-20(10-24(32)25(30-27)33(23)28)19-5-3-18(11-26)4-6-19/h3-10,14,16-17,29H,12-13,15,27-28H2,1-2H3/b30-25-. The smallest absolute Gasteiger partial charge is 0.190 e. The molecule has 33 heavy (non-hydrogen) atoms. The number of fused-ring (bicyclic) bond motifs is 2. The van der Waals surface area contributed by atoms with E-state index < -0.39 is 0 Å². The number of nitrogens with one attached hydrogen (secondary N) is 1. The van der Waals surface area contributed by atoms with E-state index in [1.54, 1.807) is 5.01 Å². The van der Waals surface area contributed by atoms with Crippen LogP contribution in [0.2, 0.25) is 0 Å². The molecule has 0 aliphatic carbocycles. The van der Waals surface area contributed by atoms with E-state index in [1.165, 1.54) is 5.69 Å². The topological polar surface area (TPSA) is 112 Å². The lowest BCUT2D eigenvalue weighted by Crippen LogP contribution is -2.54. The Balaban J connectivity index is 1.54. The number of hydrazone groups is 1. The highest BCUT2D eigenvalue weighted by molar-refractivity contribution is 6.09. The molecule has 0 spiro atoms. The van der Waals surface area contributed by atoms with Crippen molar-refractivity contribution in [2.24, 2.45) is 16.8 Å². The summed E-state index contributed by atoms with van der Waals surface area (Å²) in [6.45, 7) is 7.01. The number of rotatable bonds is 2. The SMILES string of the molecule is CC1CN(c2ccc3c(c2)Cn2cc(-c4ccc(C#N)cc4)cc2/C(=N/N)N3N)CC(C)N1. The van der Waals surface area contributed by atoms with Gasteiger partial charge >= 0.3 is 0 Å². The van der Waals surface area contributed by atoms with E-state index in [9.17, 15) is 0 Å². The molecule has 1 fully saturated rings. The molecule has 0 bridgehead atoms. The number of benzene rings is 2. The number of nitrogens with two attached hydrogens (primary N) is 2. The summed E-state index contributed by atoms with van der Waals surface area (Å²) in [6, 6.07) is 19.0. The molecule has 2 aliphatic rings. The zero-order chi connectivity index (χ0) is 23.1. The maximum atomic E-state index is 9.09. The second-order valence-corrected chi connectivity index (χ2v) is 8.94. The molecule has 5 rings (SSSR count). The van der Waals surface area contributed by atoms with Crippen LogP contribution < -0.4 is 26.9 Å². The second kappa shape index (κ2) is 8.28. The van der Waals surface area contributed by atoms with Crippen LogP contribution in [0.1, 0.15) is 30.7 Å². The zero-order valence-corrected chi connectivity index (χ0v) is 18.9. The molecule has 8 heteroatoms. The van der Waals surface area contributed by atoms with Crippen molar-refractivity contribution in [1.29, 1.82) is 5.26 Å². The Hall–Kier alpha value is -3.80. The molecule has 0 saturated carbocycles. The van der Waals surface area contributed by atoms with Crippen molar-refractivity contribution in [3.63, 3.8) is 0 Å². The molecular weight excluding hydrogens is 412 g/mol. The molecule has 1 saturated heterocycles. The van der Waals surface area contributed by atoms with Crippen LogP contribution in [-0.2, 0) is 6.54 Å². The number of hydrazine groups is 1. The fraction of sp³-hybridized carbons (Fsp3) is 0.280. The molecule has 1 aromatic heterocycles. The van der Waals surface area contributed by atoms with Crippen molar-refractivity contribution in [2.75, 3.05) is 23.0 Å². The van der Waals surface area contributed by atoms with Gasteiger partial charge in [-0.05, 0) is 61.4 Å². The Bertz CT molecular complexity index is 1240. The average molecular weight is 441 g/mol. The maximum absolute atomic E-state index is 9.09. The summed E-state index contributed by atoms with van der Waals surface area (Å²) in [6.07, 6.45) is 2.09. The van der Waals surface area contributed by atoms with Gasteiger partial charge in [0.05, 0.1) is 23.0 Å². The molecule has 3 heterocycles. The van der Waals surface area contributed by atoms with Gasteiger partial charge in [0.2, 0.25) is 0 Å². The Morgan fingerprint density at radius 3 is 2.42 bits per heavy atom. The summed E-state index contributed by atoms with van der Waals surface area (Å²) >= 11 is 0. The van der Waals surface area contributed by atoms with E-state index in [2.05, 4.69) is 64.2 Å². The lowest BCUT2D eigenvalue weighted by molar-refractivity contribution is 0.407. The molecule has 2 aliphatic heterocycles. The fourth-order valence-corrected chi connectivity index (χ4v) is 4.94. The van der Waals surface area contributed by atoms with Gasteiger partial charge in [-0.25, -0.2) is 5.84 Å². The lowest BCUT2D eigenvalue weighted by Gasteiger charge is -2.38. The second-order valence-electron chi connectivity index (χ2n) is 8.94. The third-order valence-electron chi connectivity index (χ3n) is 6.41. The van der Waals surface area contributed by atoms with E-state index in [0.29, 0.717) is 30.0 Å². The fourth-order valence-electron chi connectivity index (χ4n) is 4.94. The third-order valence-corrected chi connectivity index (χ3v) is 6.41. The molecule has 0 radical (unpaired) electrons. The zero-order valence-electron chi connectivity index (χ0n) is 18.9. The van der Waals surface area contributed by atoms with Crippen LogP contribution in [-0.4, -0.2) is 35.6 Å². The van der Waals surface area contributed by atoms with Crippen molar-refractivity contribution >= 4 is 17.2 Å². The monoisotopic (exact) mass is 440 g/mol.